The molecule has 0 fully saturated rings. The number of ether oxygens (including phenoxy) is 1. The smallest absolute Gasteiger partial charge is 0.344 e. The first-order valence-electron chi connectivity index (χ1n) is 7.54. The molecule has 0 saturated carbocycles. The van der Waals surface area contributed by atoms with Crippen molar-refractivity contribution in [3.8, 4) is 5.75 Å². The summed E-state index contributed by atoms with van der Waals surface area (Å²) >= 11 is 0. The van der Waals surface area contributed by atoms with E-state index in [1.807, 2.05) is 13.8 Å². The van der Waals surface area contributed by atoms with Gasteiger partial charge in [-0.25, -0.2) is 0 Å². The van der Waals surface area contributed by atoms with Crippen molar-refractivity contribution in [2.45, 2.75) is 27.2 Å². The first-order chi connectivity index (χ1) is 11.1. The van der Waals surface area contributed by atoms with Crippen molar-refractivity contribution in [1.29, 1.82) is 0 Å². The minimum atomic E-state index is -3.82. The van der Waals surface area contributed by atoms with Gasteiger partial charge in [-0.15, -0.1) is 4.40 Å². The summed E-state index contributed by atoms with van der Waals surface area (Å²) < 4.78 is 34.7. The first-order valence-corrected chi connectivity index (χ1v) is 8.98. The third kappa shape index (κ3) is 4.38. The van der Waals surface area contributed by atoms with Crippen molar-refractivity contribution < 1.29 is 17.9 Å². The molecule has 8 nitrogen and oxygen atoms in total. The van der Waals surface area contributed by atoms with Gasteiger partial charge >= 0.3 is 10.2 Å². The van der Waals surface area contributed by atoms with Crippen molar-refractivity contribution in [1.82, 2.24) is 5.32 Å². The van der Waals surface area contributed by atoms with E-state index in [4.69, 9.17) is 10.5 Å². The standard InChI is InChI=1S/C15H22N4O4S/c1-4-12(20)17-8-15(2,3)9-23-11-7-5-6-10-13(11)14(16)19-24(21,22)18-10/h5-7,18H,4,8-9H2,1-3H3,(H2,16,19)(H,17,20). The third-order valence-corrected chi connectivity index (χ3v) is 4.36. The Morgan fingerprint density at radius 3 is 2.79 bits per heavy atom. The number of anilines is 1. The molecule has 0 atom stereocenters. The van der Waals surface area contributed by atoms with E-state index in [1.165, 1.54) is 0 Å². The molecule has 0 radical (unpaired) electrons. The maximum atomic E-state index is 11.6. The highest BCUT2D eigenvalue weighted by atomic mass is 32.2. The van der Waals surface area contributed by atoms with Gasteiger partial charge in [0.1, 0.15) is 5.75 Å². The van der Waals surface area contributed by atoms with E-state index in [0.717, 1.165) is 0 Å². The van der Waals surface area contributed by atoms with E-state index >= 15 is 0 Å². The van der Waals surface area contributed by atoms with Crippen LogP contribution < -0.4 is 20.5 Å². The molecule has 0 spiro atoms. The second-order valence-corrected chi connectivity index (χ2v) is 7.65. The Hall–Kier alpha value is -2.29. The normalized spacial score (nSPS) is 15.7. The van der Waals surface area contributed by atoms with Gasteiger partial charge in [-0.2, -0.15) is 8.42 Å². The van der Waals surface area contributed by atoms with Crippen molar-refractivity contribution in [3.05, 3.63) is 23.8 Å². The molecule has 1 aromatic carbocycles. The molecule has 1 amide bonds. The van der Waals surface area contributed by atoms with Gasteiger partial charge in [-0.3, -0.25) is 9.52 Å². The van der Waals surface area contributed by atoms with Gasteiger partial charge in [0.25, 0.3) is 0 Å². The summed E-state index contributed by atoms with van der Waals surface area (Å²) in [6, 6.07) is 4.95. The Balaban J connectivity index is 2.14. The number of amidine groups is 1. The average molecular weight is 354 g/mol. The lowest BCUT2D eigenvalue weighted by Crippen LogP contribution is -2.37. The van der Waals surface area contributed by atoms with Crippen LogP contribution in [0.4, 0.5) is 5.69 Å². The Kier molecular flexibility index (Phi) is 5.02. The SMILES string of the molecule is CCC(=O)NCC(C)(C)COc1cccc2c1C(N)=NS(=O)(=O)N2. The molecule has 1 aliphatic heterocycles. The van der Waals surface area contributed by atoms with Crippen LogP contribution in [0.2, 0.25) is 0 Å². The number of nitrogens with two attached hydrogens (primary N) is 1. The molecular formula is C15H22N4O4S. The number of hydrogen-bond acceptors (Lipinski definition) is 5. The molecule has 1 aromatic rings. The van der Waals surface area contributed by atoms with Crippen molar-refractivity contribution in [3.63, 3.8) is 0 Å². The lowest BCUT2D eigenvalue weighted by molar-refractivity contribution is -0.121. The quantitative estimate of drug-likeness (QED) is 0.703. The third-order valence-electron chi connectivity index (χ3n) is 3.44. The minimum Gasteiger partial charge on any atom is -0.492 e. The lowest BCUT2D eigenvalue weighted by Gasteiger charge is -2.26. The molecular weight excluding hydrogens is 332 g/mol. The minimum absolute atomic E-state index is 0.0223. The van der Waals surface area contributed by atoms with Crippen LogP contribution in [-0.2, 0) is 15.0 Å². The summed E-state index contributed by atoms with van der Waals surface area (Å²) in [5.74, 6) is 0.299. The first kappa shape index (κ1) is 18.1. The van der Waals surface area contributed by atoms with Crippen LogP contribution in [0.5, 0.6) is 5.75 Å². The van der Waals surface area contributed by atoms with Gasteiger partial charge in [-0.05, 0) is 12.1 Å². The number of carbonyl (C=O) groups is 1. The highest BCUT2D eigenvalue weighted by Crippen LogP contribution is 2.31. The topological polar surface area (TPSA) is 123 Å². The van der Waals surface area contributed by atoms with E-state index in [2.05, 4.69) is 14.4 Å². The van der Waals surface area contributed by atoms with Crippen molar-refractivity contribution >= 4 is 27.6 Å². The number of benzene rings is 1. The van der Waals surface area contributed by atoms with E-state index in [9.17, 15) is 13.2 Å². The molecule has 0 aliphatic carbocycles. The van der Waals surface area contributed by atoms with Gasteiger partial charge in [0, 0.05) is 18.4 Å². The molecule has 9 heteroatoms. The summed E-state index contributed by atoms with van der Waals surface area (Å²) in [5.41, 5.74) is 6.21. The zero-order valence-corrected chi connectivity index (χ0v) is 14.7. The predicted molar refractivity (Wildman–Crippen MR) is 92.3 cm³/mol. The molecule has 1 heterocycles. The molecule has 1 aliphatic rings. The second kappa shape index (κ2) is 6.68. The zero-order chi connectivity index (χ0) is 18.0. The maximum absolute atomic E-state index is 11.6. The van der Waals surface area contributed by atoms with Crippen LogP contribution in [-0.4, -0.2) is 33.3 Å². The Morgan fingerprint density at radius 1 is 1.42 bits per heavy atom. The summed E-state index contributed by atoms with van der Waals surface area (Å²) in [6.07, 6.45) is 0.427. The summed E-state index contributed by atoms with van der Waals surface area (Å²) in [7, 11) is -3.82. The summed E-state index contributed by atoms with van der Waals surface area (Å²) in [4.78, 5) is 11.4. The van der Waals surface area contributed by atoms with Gasteiger partial charge in [0.05, 0.1) is 17.9 Å². The Morgan fingerprint density at radius 2 is 2.12 bits per heavy atom. The molecule has 2 rings (SSSR count). The molecule has 4 N–H and O–H groups in total. The maximum Gasteiger partial charge on any atom is 0.344 e. The van der Waals surface area contributed by atoms with E-state index < -0.39 is 10.2 Å². The Bertz CT molecular complexity index is 772. The van der Waals surface area contributed by atoms with Gasteiger partial charge in [0.15, 0.2) is 5.84 Å². The van der Waals surface area contributed by atoms with Crippen LogP contribution in [0.3, 0.4) is 0 Å². The zero-order valence-electron chi connectivity index (χ0n) is 13.9. The molecule has 0 saturated heterocycles. The van der Waals surface area contributed by atoms with Crippen molar-refractivity contribution in [2.24, 2.45) is 15.5 Å². The van der Waals surface area contributed by atoms with Gasteiger partial charge in [-0.1, -0.05) is 26.8 Å². The summed E-state index contributed by atoms with van der Waals surface area (Å²) in [5, 5.41) is 2.83. The molecule has 0 unspecified atom stereocenters. The number of amides is 1. The number of rotatable bonds is 6. The monoisotopic (exact) mass is 354 g/mol. The van der Waals surface area contributed by atoms with Crippen LogP contribution in [0.1, 0.15) is 32.8 Å². The fourth-order valence-corrected chi connectivity index (χ4v) is 2.97. The van der Waals surface area contributed by atoms with E-state index in [-0.39, 0.29) is 17.2 Å². The predicted octanol–water partition coefficient (Wildman–Crippen LogP) is 0.993. The Labute approximate surface area is 141 Å². The second-order valence-electron chi connectivity index (χ2n) is 6.32. The van der Waals surface area contributed by atoms with Gasteiger partial charge in [0.2, 0.25) is 5.91 Å². The van der Waals surface area contributed by atoms with Crippen LogP contribution in [0, 0.1) is 5.41 Å². The molecule has 24 heavy (non-hydrogen) atoms. The number of hydrogen-bond donors (Lipinski definition) is 3. The number of carbonyl (C=O) groups excluding carboxylic acids is 1. The number of nitrogens with zero attached hydrogens (tertiary/aromatic N) is 1. The van der Waals surface area contributed by atoms with Crippen LogP contribution in [0.25, 0.3) is 0 Å². The number of nitrogens with one attached hydrogen (secondary N) is 2. The highest BCUT2D eigenvalue weighted by molar-refractivity contribution is 7.91. The highest BCUT2D eigenvalue weighted by Gasteiger charge is 2.26. The lowest BCUT2D eigenvalue weighted by atomic mass is 9.94. The molecule has 0 aromatic heterocycles. The molecule has 132 valence electrons. The number of fused-ring (bicyclic) bond motifs is 1. The van der Waals surface area contributed by atoms with Crippen LogP contribution >= 0.6 is 0 Å². The molecule has 0 bridgehead atoms. The largest absolute Gasteiger partial charge is 0.492 e. The fourth-order valence-electron chi connectivity index (χ4n) is 2.12. The van der Waals surface area contributed by atoms with Crippen LogP contribution in [0.15, 0.2) is 22.6 Å². The van der Waals surface area contributed by atoms with Gasteiger partial charge < -0.3 is 15.8 Å². The summed E-state index contributed by atoms with van der Waals surface area (Å²) in [6.45, 7) is 6.48. The average Bonchev–Trinajstić information content (AvgIpc) is 2.49. The fraction of sp³-hybridized carbons (Fsp3) is 0.467. The van der Waals surface area contributed by atoms with Crippen molar-refractivity contribution in [2.75, 3.05) is 17.9 Å². The van der Waals surface area contributed by atoms with E-state index in [0.29, 0.717) is 36.6 Å². The van der Waals surface area contributed by atoms with E-state index in [1.54, 1.807) is 25.1 Å².